The maximum absolute atomic E-state index is 6.11. The van der Waals surface area contributed by atoms with Crippen LogP contribution >= 0.6 is 50.5 Å². The molecule has 3 heterocycles. The number of rotatable bonds is 1. The summed E-state index contributed by atoms with van der Waals surface area (Å²) >= 11 is 17.0. The summed E-state index contributed by atoms with van der Waals surface area (Å²) in [6, 6.07) is 3.62. The molecule has 0 bridgehead atoms. The van der Waals surface area contributed by atoms with E-state index < -0.39 is 0 Å². The summed E-state index contributed by atoms with van der Waals surface area (Å²) in [6.07, 6.45) is 1.71. The van der Waals surface area contributed by atoms with E-state index >= 15 is 0 Å². The van der Waals surface area contributed by atoms with Gasteiger partial charge in [0.1, 0.15) is 11.5 Å². The van der Waals surface area contributed by atoms with E-state index in [2.05, 4.69) is 20.9 Å². The number of imidazole rings is 1. The van der Waals surface area contributed by atoms with Crippen molar-refractivity contribution >= 4 is 61.9 Å². The Morgan fingerprint density at radius 3 is 2.78 bits per heavy atom. The van der Waals surface area contributed by atoms with Crippen molar-refractivity contribution in [1.29, 1.82) is 0 Å². The van der Waals surface area contributed by atoms with Crippen LogP contribution in [0.3, 0.4) is 0 Å². The molecule has 0 aliphatic carbocycles. The first-order valence-electron chi connectivity index (χ1n) is 4.93. The quantitative estimate of drug-likeness (QED) is 0.680. The molecule has 18 heavy (non-hydrogen) atoms. The molecular weight excluding hydrogens is 357 g/mol. The lowest BCUT2D eigenvalue weighted by Crippen LogP contribution is -1.93. The van der Waals surface area contributed by atoms with E-state index in [1.54, 1.807) is 28.0 Å². The fourth-order valence-electron chi connectivity index (χ4n) is 1.71. The normalized spacial score (nSPS) is 11.3. The maximum Gasteiger partial charge on any atom is 0.158 e. The molecule has 3 nitrogen and oxygen atoms in total. The highest BCUT2D eigenvalue weighted by molar-refractivity contribution is 9.10. The molecule has 0 amide bonds. The fraction of sp³-hybridized carbons (Fsp3) is 0. The SMILES string of the molecule is Nc1c(-c2cc(Br)cs2)nc2c(Cl)cc(Cl)cn12. The zero-order valence-corrected chi connectivity index (χ0v) is 12.7. The van der Waals surface area contributed by atoms with Gasteiger partial charge in [-0.2, -0.15) is 0 Å². The highest BCUT2D eigenvalue weighted by atomic mass is 79.9. The lowest BCUT2D eigenvalue weighted by Gasteiger charge is -1.99. The minimum Gasteiger partial charge on any atom is -0.383 e. The van der Waals surface area contributed by atoms with Crippen molar-refractivity contribution in [3.05, 3.63) is 38.2 Å². The Morgan fingerprint density at radius 2 is 2.11 bits per heavy atom. The van der Waals surface area contributed by atoms with Gasteiger partial charge >= 0.3 is 0 Å². The summed E-state index contributed by atoms with van der Waals surface area (Å²) in [5, 5.41) is 2.99. The second-order valence-electron chi connectivity index (χ2n) is 3.67. The summed E-state index contributed by atoms with van der Waals surface area (Å²) < 4.78 is 2.70. The van der Waals surface area contributed by atoms with Crippen LogP contribution < -0.4 is 5.73 Å². The van der Waals surface area contributed by atoms with Crippen LogP contribution in [-0.4, -0.2) is 9.38 Å². The predicted molar refractivity (Wildman–Crippen MR) is 80.6 cm³/mol. The van der Waals surface area contributed by atoms with Gasteiger partial charge in [0.05, 0.1) is 14.9 Å². The number of fused-ring (bicyclic) bond motifs is 1. The first kappa shape index (κ1) is 12.3. The summed E-state index contributed by atoms with van der Waals surface area (Å²) in [5.74, 6) is 0.531. The number of hydrogen-bond donors (Lipinski definition) is 1. The number of aromatic nitrogens is 2. The van der Waals surface area contributed by atoms with E-state index in [9.17, 15) is 0 Å². The molecule has 0 atom stereocenters. The van der Waals surface area contributed by atoms with Gasteiger partial charge in [0.2, 0.25) is 0 Å². The topological polar surface area (TPSA) is 43.3 Å². The Balaban J connectivity index is 2.32. The smallest absolute Gasteiger partial charge is 0.158 e. The van der Waals surface area contributed by atoms with Crippen molar-refractivity contribution in [2.75, 3.05) is 5.73 Å². The monoisotopic (exact) mass is 361 g/mol. The molecule has 2 N–H and O–H groups in total. The molecule has 3 aromatic rings. The molecule has 0 spiro atoms. The van der Waals surface area contributed by atoms with Crippen LogP contribution in [0.1, 0.15) is 0 Å². The van der Waals surface area contributed by atoms with Gasteiger partial charge in [0, 0.05) is 16.0 Å². The fourth-order valence-corrected chi connectivity index (χ4v) is 3.65. The zero-order chi connectivity index (χ0) is 12.9. The number of anilines is 1. The van der Waals surface area contributed by atoms with Crippen molar-refractivity contribution in [3.8, 4) is 10.6 Å². The number of thiophene rings is 1. The Morgan fingerprint density at radius 1 is 1.33 bits per heavy atom. The zero-order valence-electron chi connectivity index (χ0n) is 8.82. The molecule has 0 aliphatic heterocycles. The van der Waals surface area contributed by atoms with Crippen molar-refractivity contribution in [2.24, 2.45) is 0 Å². The number of nitrogen functional groups attached to an aromatic ring is 1. The highest BCUT2D eigenvalue weighted by Gasteiger charge is 2.15. The molecule has 0 saturated heterocycles. The predicted octanol–water partition coefficient (Wildman–Crippen LogP) is 4.71. The Kier molecular flexibility index (Phi) is 3.02. The molecule has 0 aromatic carbocycles. The molecule has 0 aliphatic rings. The molecule has 7 heteroatoms. The second-order valence-corrected chi connectivity index (χ2v) is 6.35. The third kappa shape index (κ3) is 1.91. The van der Waals surface area contributed by atoms with E-state index in [1.165, 1.54) is 0 Å². The summed E-state index contributed by atoms with van der Waals surface area (Å²) in [4.78, 5) is 5.46. The van der Waals surface area contributed by atoms with Crippen LogP contribution in [0.15, 0.2) is 28.2 Å². The summed E-state index contributed by atoms with van der Waals surface area (Å²) in [6.45, 7) is 0. The van der Waals surface area contributed by atoms with Gasteiger partial charge in [0.15, 0.2) is 5.65 Å². The molecule has 0 unspecified atom stereocenters. The lowest BCUT2D eigenvalue weighted by molar-refractivity contribution is 1.20. The number of nitrogens with two attached hydrogens (primary N) is 1. The van der Waals surface area contributed by atoms with Gasteiger partial charge in [0.25, 0.3) is 0 Å². The van der Waals surface area contributed by atoms with Gasteiger partial charge in [-0.05, 0) is 28.1 Å². The molecule has 3 rings (SSSR count). The average molecular weight is 363 g/mol. The van der Waals surface area contributed by atoms with Gasteiger partial charge < -0.3 is 5.73 Å². The van der Waals surface area contributed by atoms with Crippen LogP contribution in [0.2, 0.25) is 10.0 Å². The van der Waals surface area contributed by atoms with Crippen LogP contribution in [0.4, 0.5) is 5.82 Å². The van der Waals surface area contributed by atoms with Crippen molar-refractivity contribution < 1.29 is 0 Å². The summed E-state index contributed by atoms with van der Waals surface area (Å²) in [7, 11) is 0. The maximum atomic E-state index is 6.11. The van der Waals surface area contributed by atoms with Gasteiger partial charge in [-0.15, -0.1) is 11.3 Å². The van der Waals surface area contributed by atoms with Crippen molar-refractivity contribution in [3.63, 3.8) is 0 Å². The number of hydrogen-bond acceptors (Lipinski definition) is 3. The van der Waals surface area contributed by atoms with Gasteiger partial charge in [-0.3, -0.25) is 4.40 Å². The first-order valence-corrected chi connectivity index (χ1v) is 7.36. The highest BCUT2D eigenvalue weighted by Crippen LogP contribution is 2.35. The largest absolute Gasteiger partial charge is 0.383 e. The van der Waals surface area contributed by atoms with Crippen molar-refractivity contribution in [2.45, 2.75) is 0 Å². The first-order chi connectivity index (χ1) is 8.56. The Labute approximate surface area is 125 Å². The minimum absolute atomic E-state index is 0.482. The van der Waals surface area contributed by atoms with E-state index in [0.717, 1.165) is 15.0 Å². The van der Waals surface area contributed by atoms with Gasteiger partial charge in [-0.1, -0.05) is 23.2 Å². The molecule has 0 radical (unpaired) electrons. The third-order valence-electron chi connectivity index (χ3n) is 2.48. The van der Waals surface area contributed by atoms with E-state index in [-0.39, 0.29) is 0 Å². The van der Waals surface area contributed by atoms with Crippen LogP contribution in [0, 0.1) is 0 Å². The number of pyridine rings is 1. The van der Waals surface area contributed by atoms with Crippen LogP contribution in [0.5, 0.6) is 0 Å². The summed E-state index contributed by atoms with van der Waals surface area (Å²) in [5.41, 5.74) is 7.42. The van der Waals surface area contributed by atoms with Crippen LogP contribution in [0.25, 0.3) is 16.2 Å². The van der Waals surface area contributed by atoms with E-state index in [4.69, 9.17) is 28.9 Å². The van der Waals surface area contributed by atoms with Gasteiger partial charge in [-0.25, -0.2) is 4.98 Å². The van der Waals surface area contributed by atoms with Crippen LogP contribution in [-0.2, 0) is 0 Å². The standard InChI is InChI=1S/C11H6BrCl2N3S/c12-5-1-8(18-4-5)9-10(15)17-3-6(13)2-7(14)11(17)16-9/h1-4H,15H2. The molecule has 0 saturated carbocycles. The third-order valence-corrected chi connectivity index (χ3v) is 4.66. The number of nitrogens with zero attached hydrogens (tertiary/aromatic N) is 2. The second kappa shape index (κ2) is 4.42. The molecule has 92 valence electrons. The molecule has 0 fully saturated rings. The van der Waals surface area contributed by atoms with Crippen molar-refractivity contribution in [1.82, 2.24) is 9.38 Å². The Bertz CT molecular complexity index is 750. The lowest BCUT2D eigenvalue weighted by atomic mass is 10.3. The molecule has 3 aromatic heterocycles. The average Bonchev–Trinajstić information content (AvgIpc) is 2.85. The Hall–Kier alpha value is -0.750. The number of halogens is 3. The van der Waals surface area contributed by atoms with E-state index in [1.807, 2.05) is 11.4 Å². The minimum atomic E-state index is 0.482. The van der Waals surface area contributed by atoms with E-state index in [0.29, 0.717) is 21.5 Å². The molecular formula is C11H6BrCl2N3S.